The minimum Gasteiger partial charge on any atom is -0.458 e. The summed E-state index contributed by atoms with van der Waals surface area (Å²) in [7, 11) is 0. The maximum atomic E-state index is 11.9. The molecule has 4 nitrogen and oxygen atoms in total. The Labute approximate surface area is 84.0 Å². The van der Waals surface area contributed by atoms with Gasteiger partial charge in [0, 0.05) is 19.0 Å². The normalized spacial score (nSPS) is 36.1. The smallest absolute Gasteiger partial charge is 0.340 e. The van der Waals surface area contributed by atoms with Gasteiger partial charge in [0.15, 0.2) is 5.60 Å². The van der Waals surface area contributed by atoms with E-state index in [0.717, 1.165) is 6.42 Å². The van der Waals surface area contributed by atoms with Crippen LogP contribution in [0.15, 0.2) is 0 Å². The molecule has 2 fully saturated rings. The summed E-state index contributed by atoms with van der Waals surface area (Å²) in [5.74, 6) is -0.225. The topological polar surface area (TPSA) is 47.6 Å². The van der Waals surface area contributed by atoms with Crippen LogP contribution < -0.4 is 5.32 Å². The van der Waals surface area contributed by atoms with Gasteiger partial charge in [0.05, 0.1) is 6.61 Å². The Morgan fingerprint density at radius 1 is 1.57 bits per heavy atom. The molecule has 0 aromatic rings. The van der Waals surface area contributed by atoms with E-state index in [-0.39, 0.29) is 5.97 Å². The second-order valence-corrected chi connectivity index (χ2v) is 5.09. The molecule has 0 spiro atoms. The predicted molar refractivity (Wildman–Crippen MR) is 50.9 cm³/mol. The van der Waals surface area contributed by atoms with Gasteiger partial charge in [0.2, 0.25) is 0 Å². The maximum absolute atomic E-state index is 11.9. The molecule has 0 radical (unpaired) electrons. The van der Waals surface area contributed by atoms with Crippen LogP contribution in [-0.2, 0) is 14.3 Å². The van der Waals surface area contributed by atoms with E-state index >= 15 is 0 Å². The molecular weight excluding hydrogens is 182 g/mol. The lowest BCUT2D eigenvalue weighted by Gasteiger charge is -2.29. The number of nitrogens with one attached hydrogen (secondary N) is 1. The average molecular weight is 199 g/mol. The van der Waals surface area contributed by atoms with Crippen molar-refractivity contribution in [3.05, 3.63) is 0 Å². The second kappa shape index (κ2) is 2.94. The molecule has 2 aliphatic rings. The van der Waals surface area contributed by atoms with E-state index in [1.165, 1.54) is 0 Å². The van der Waals surface area contributed by atoms with Gasteiger partial charge in [-0.1, -0.05) is 0 Å². The van der Waals surface area contributed by atoms with E-state index in [1.54, 1.807) is 0 Å². The van der Waals surface area contributed by atoms with Gasteiger partial charge in [0.1, 0.15) is 5.60 Å². The van der Waals surface area contributed by atoms with Gasteiger partial charge >= 0.3 is 5.97 Å². The van der Waals surface area contributed by atoms with Gasteiger partial charge in [-0.3, -0.25) is 0 Å². The first kappa shape index (κ1) is 9.93. The quantitative estimate of drug-likeness (QED) is 0.623. The Balaban J connectivity index is 2.04. The van der Waals surface area contributed by atoms with Crippen molar-refractivity contribution in [2.75, 3.05) is 13.2 Å². The molecule has 80 valence electrons. The summed E-state index contributed by atoms with van der Waals surface area (Å²) in [6, 6.07) is 0.336. The molecular formula is C10H17NO3. The summed E-state index contributed by atoms with van der Waals surface area (Å²) in [6.07, 6.45) is 0.752. The highest BCUT2D eigenvalue weighted by Gasteiger charge is 2.53. The zero-order chi connectivity index (χ0) is 10.4. The molecule has 2 bridgehead atoms. The predicted octanol–water partition coefficient (Wildman–Crippen LogP) is 0.459. The summed E-state index contributed by atoms with van der Waals surface area (Å²) in [4.78, 5) is 11.9. The summed E-state index contributed by atoms with van der Waals surface area (Å²) in [5.41, 5.74) is -1.13. The number of morpholine rings is 1. The molecule has 0 saturated carbocycles. The lowest BCUT2D eigenvalue weighted by Crippen LogP contribution is -2.48. The molecule has 0 aromatic heterocycles. The fourth-order valence-electron chi connectivity index (χ4n) is 1.93. The van der Waals surface area contributed by atoms with Crippen molar-refractivity contribution in [3.63, 3.8) is 0 Å². The molecule has 2 heterocycles. The molecule has 2 rings (SSSR count). The van der Waals surface area contributed by atoms with Crippen LogP contribution in [0.2, 0.25) is 0 Å². The first-order valence-corrected chi connectivity index (χ1v) is 5.02. The molecule has 0 aromatic carbocycles. The third-order valence-electron chi connectivity index (χ3n) is 2.58. The van der Waals surface area contributed by atoms with Crippen molar-refractivity contribution in [1.82, 2.24) is 5.32 Å². The fraction of sp³-hybridized carbons (Fsp3) is 0.900. The summed E-state index contributed by atoms with van der Waals surface area (Å²) >= 11 is 0. The Kier molecular flexibility index (Phi) is 2.08. The Morgan fingerprint density at radius 2 is 2.29 bits per heavy atom. The van der Waals surface area contributed by atoms with Gasteiger partial charge in [-0.15, -0.1) is 0 Å². The van der Waals surface area contributed by atoms with Crippen LogP contribution in [-0.4, -0.2) is 36.4 Å². The summed E-state index contributed by atoms with van der Waals surface area (Å²) < 4.78 is 10.8. The number of carbonyl (C=O) groups is 1. The number of hydrogen-bond acceptors (Lipinski definition) is 4. The van der Waals surface area contributed by atoms with Crippen molar-refractivity contribution in [2.24, 2.45) is 0 Å². The van der Waals surface area contributed by atoms with Gasteiger partial charge < -0.3 is 14.8 Å². The third kappa shape index (κ3) is 1.64. The molecule has 2 saturated heterocycles. The molecule has 0 aliphatic carbocycles. The highest BCUT2D eigenvalue weighted by atomic mass is 16.6. The molecule has 1 N–H and O–H groups in total. The lowest BCUT2D eigenvalue weighted by molar-refractivity contribution is -0.178. The zero-order valence-corrected chi connectivity index (χ0v) is 8.92. The van der Waals surface area contributed by atoms with Crippen LogP contribution in [0.5, 0.6) is 0 Å². The zero-order valence-electron chi connectivity index (χ0n) is 8.92. The molecule has 2 aliphatic heterocycles. The van der Waals surface area contributed by atoms with Crippen molar-refractivity contribution in [3.8, 4) is 0 Å². The lowest BCUT2D eigenvalue weighted by atomic mass is 10.0. The maximum Gasteiger partial charge on any atom is 0.340 e. The van der Waals surface area contributed by atoms with Gasteiger partial charge in [-0.05, 0) is 20.8 Å². The van der Waals surface area contributed by atoms with Crippen molar-refractivity contribution < 1.29 is 14.3 Å². The molecule has 4 heteroatoms. The van der Waals surface area contributed by atoms with Crippen LogP contribution in [0, 0.1) is 0 Å². The van der Waals surface area contributed by atoms with Gasteiger partial charge in [0.25, 0.3) is 0 Å². The fourth-order valence-corrected chi connectivity index (χ4v) is 1.93. The molecule has 0 amide bonds. The average Bonchev–Trinajstić information content (AvgIpc) is 2.60. The third-order valence-corrected chi connectivity index (χ3v) is 2.58. The number of fused-ring (bicyclic) bond motifs is 2. The summed E-state index contributed by atoms with van der Waals surface area (Å²) in [5, 5.41) is 3.24. The monoisotopic (exact) mass is 199 g/mol. The Bertz CT molecular complexity index is 249. The number of rotatable bonds is 1. The van der Waals surface area contributed by atoms with Crippen molar-refractivity contribution >= 4 is 5.97 Å². The van der Waals surface area contributed by atoms with E-state index in [2.05, 4.69) is 5.32 Å². The highest BCUT2D eigenvalue weighted by Crippen LogP contribution is 2.33. The molecule has 0 unspecified atom stereocenters. The van der Waals surface area contributed by atoms with Crippen LogP contribution in [0.25, 0.3) is 0 Å². The van der Waals surface area contributed by atoms with Crippen LogP contribution in [0.4, 0.5) is 0 Å². The Hall–Kier alpha value is -0.610. The van der Waals surface area contributed by atoms with E-state index in [1.807, 2.05) is 20.8 Å². The summed E-state index contributed by atoms with van der Waals surface area (Å²) in [6.45, 7) is 6.83. The minimum atomic E-state index is -0.696. The molecule has 14 heavy (non-hydrogen) atoms. The SMILES string of the molecule is CC(C)(C)OC(=O)[C@]12CN[C@H](CO1)C2. The van der Waals surface area contributed by atoms with Crippen molar-refractivity contribution in [1.29, 1.82) is 0 Å². The molecule has 2 atom stereocenters. The van der Waals surface area contributed by atoms with Crippen LogP contribution in [0.1, 0.15) is 27.2 Å². The van der Waals surface area contributed by atoms with E-state index in [9.17, 15) is 4.79 Å². The number of carbonyl (C=O) groups excluding carboxylic acids is 1. The number of hydrogen-bond donors (Lipinski definition) is 1. The van der Waals surface area contributed by atoms with E-state index < -0.39 is 11.2 Å². The van der Waals surface area contributed by atoms with Crippen LogP contribution in [0.3, 0.4) is 0 Å². The second-order valence-electron chi connectivity index (χ2n) is 5.09. The van der Waals surface area contributed by atoms with E-state index in [4.69, 9.17) is 9.47 Å². The largest absolute Gasteiger partial charge is 0.458 e. The number of ether oxygens (including phenoxy) is 2. The first-order valence-electron chi connectivity index (χ1n) is 5.02. The van der Waals surface area contributed by atoms with Gasteiger partial charge in [-0.25, -0.2) is 4.79 Å². The highest BCUT2D eigenvalue weighted by molar-refractivity contribution is 5.81. The van der Waals surface area contributed by atoms with Crippen LogP contribution >= 0.6 is 0 Å². The Morgan fingerprint density at radius 3 is 2.64 bits per heavy atom. The number of esters is 1. The van der Waals surface area contributed by atoms with E-state index in [0.29, 0.717) is 19.2 Å². The van der Waals surface area contributed by atoms with Crippen molar-refractivity contribution in [2.45, 2.75) is 44.4 Å². The first-order chi connectivity index (χ1) is 6.41. The standard InChI is InChI=1S/C10H17NO3/c1-9(2,3)14-8(12)10-4-7(5-13-10)11-6-10/h7,11H,4-6H2,1-3H3/t7-,10-/m0/s1. The van der Waals surface area contributed by atoms with Gasteiger partial charge in [-0.2, -0.15) is 0 Å². The minimum absolute atomic E-state index is 0.225.